The van der Waals surface area contributed by atoms with Crippen LogP contribution in [0.5, 0.6) is 5.75 Å². The molecule has 1 atom stereocenters. The molecule has 3 rings (SSSR count). The molecule has 2 aromatic carbocycles. The van der Waals surface area contributed by atoms with Crippen molar-refractivity contribution in [2.24, 2.45) is 0 Å². The van der Waals surface area contributed by atoms with Gasteiger partial charge in [0.05, 0.1) is 24.3 Å². The summed E-state index contributed by atoms with van der Waals surface area (Å²) in [6, 6.07) is 12.3. The van der Waals surface area contributed by atoms with Crippen molar-refractivity contribution < 1.29 is 24.5 Å². The summed E-state index contributed by atoms with van der Waals surface area (Å²) in [5, 5.41) is 20.5. The fraction of sp³-hybridized carbons (Fsp3) is 0.273. The van der Waals surface area contributed by atoms with E-state index in [0.717, 1.165) is 4.47 Å². The van der Waals surface area contributed by atoms with Crippen molar-refractivity contribution in [3.63, 3.8) is 0 Å². The van der Waals surface area contributed by atoms with Gasteiger partial charge in [0, 0.05) is 16.6 Å². The van der Waals surface area contributed by atoms with Gasteiger partial charge in [-0.15, -0.1) is 0 Å². The van der Waals surface area contributed by atoms with Crippen molar-refractivity contribution in [1.29, 1.82) is 0 Å². The topological polar surface area (TPSA) is 87.1 Å². The quantitative estimate of drug-likeness (QED) is 0.387. The van der Waals surface area contributed by atoms with E-state index in [-0.39, 0.29) is 36.3 Å². The Morgan fingerprint density at radius 1 is 1.10 bits per heavy atom. The fourth-order valence-corrected chi connectivity index (χ4v) is 3.53. The molecule has 6 nitrogen and oxygen atoms in total. The number of nitrogens with zero attached hydrogens (tertiary/aromatic N) is 1. The van der Waals surface area contributed by atoms with Gasteiger partial charge in [-0.25, -0.2) is 0 Å². The number of likely N-dealkylation sites (tertiary alicyclic amines) is 1. The minimum absolute atomic E-state index is 0.0123. The van der Waals surface area contributed by atoms with Crippen molar-refractivity contribution in [2.75, 3.05) is 13.2 Å². The number of rotatable bonds is 6. The molecule has 2 aromatic rings. The molecule has 1 heterocycles. The molecule has 1 amide bonds. The molecule has 0 radical (unpaired) electrons. The van der Waals surface area contributed by atoms with Gasteiger partial charge in [0.1, 0.15) is 11.5 Å². The van der Waals surface area contributed by atoms with Gasteiger partial charge in [0.25, 0.3) is 11.7 Å². The summed E-state index contributed by atoms with van der Waals surface area (Å²) in [5.74, 6) is -1.59. The lowest BCUT2D eigenvalue weighted by molar-refractivity contribution is -0.140. The minimum atomic E-state index is -0.769. The molecular weight excluding hydrogens is 438 g/mol. The first kappa shape index (κ1) is 21.1. The van der Waals surface area contributed by atoms with E-state index in [1.54, 1.807) is 36.4 Å². The molecule has 1 saturated heterocycles. The van der Waals surface area contributed by atoms with Crippen LogP contribution >= 0.6 is 15.9 Å². The maximum Gasteiger partial charge on any atom is 0.295 e. The number of carbonyl (C=O) groups is 2. The maximum absolute atomic E-state index is 12.8. The number of hydrogen-bond acceptors (Lipinski definition) is 5. The van der Waals surface area contributed by atoms with Crippen molar-refractivity contribution in [1.82, 2.24) is 4.90 Å². The number of amides is 1. The Balaban J connectivity index is 2.07. The predicted octanol–water partition coefficient (Wildman–Crippen LogP) is 4.00. The number of Topliss-reactive ketones (excluding diaryl/α,β-unsaturated/α-hetero) is 1. The van der Waals surface area contributed by atoms with Crippen molar-refractivity contribution >= 4 is 33.4 Å². The molecule has 0 bridgehead atoms. The SMILES string of the molecule is CC(C)OCCN1C(=O)C(=O)/C(=C(\O)c2ccc(Br)cc2)C1c1ccc(O)cc1. The third kappa shape index (κ3) is 4.52. The summed E-state index contributed by atoms with van der Waals surface area (Å²) in [4.78, 5) is 27.0. The molecule has 1 aliphatic rings. The molecular formula is C22H22BrNO5. The Morgan fingerprint density at radius 3 is 2.31 bits per heavy atom. The number of phenolic OH excluding ortho intramolecular Hbond substituents is 1. The van der Waals surface area contributed by atoms with Gasteiger partial charge in [-0.05, 0) is 43.7 Å². The lowest BCUT2D eigenvalue weighted by Crippen LogP contribution is -2.33. The maximum atomic E-state index is 12.8. The van der Waals surface area contributed by atoms with E-state index < -0.39 is 17.7 Å². The molecule has 0 saturated carbocycles. The number of aliphatic hydroxyl groups is 1. The Hall–Kier alpha value is -2.64. The molecule has 0 aromatic heterocycles. The second-order valence-electron chi connectivity index (χ2n) is 7.01. The molecule has 0 aliphatic carbocycles. The summed E-state index contributed by atoms with van der Waals surface area (Å²) in [5.41, 5.74) is 1.08. The molecule has 1 aliphatic heterocycles. The van der Waals surface area contributed by atoms with Crippen LogP contribution in [0.4, 0.5) is 0 Å². The predicted molar refractivity (Wildman–Crippen MR) is 112 cm³/mol. The van der Waals surface area contributed by atoms with Gasteiger partial charge < -0.3 is 19.8 Å². The number of carbonyl (C=O) groups excluding carboxylic acids is 2. The largest absolute Gasteiger partial charge is 0.508 e. The molecule has 152 valence electrons. The van der Waals surface area contributed by atoms with E-state index in [9.17, 15) is 19.8 Å². The molecule has 29 heavy (non-hydrogen) atoms. The molecule has 1 fully saturated rings. The highest BCUT2D eigenvalue weighted by molar-refractivity contribution is 9.10. The number of ketones is 1. The highest BCUT2D eigenvalue weighted by Crippen LogP contribution is 2.39. The summed E-state index contributed by atoms with van der Waals surface area (Å²) in [7, 11) is 0. The zero-order valence-electron chi connectivity index (χ0n) is 16.1. The first-order valence-corrected chi connectivity index (χ1v) is 10.0. The van der Waals surface area contributed by atoms with E-state index in [0.29, 0.717) is 11.1 Å². The van der Waals surface area contributed by atoms with E-state index in [1.165, 1.54) is 17.0 Å². The molecule has 2 N–H and O–H groups in total. The number of hydrogen-bond donors (Lipinski definition) is 2. The van der Waals surface area contributed by atoms with Crippen LogP contribution in [-0.4, -0.2) is 46.1 Å². The van der Waals surface area contributed by atoms with Crippen LogP contribution < -0.4 is 0 Å². The normalized spacial score (nSPS) is 18.6. The second kappa shape index (κ2) is 8.80. The van der Waals surface area contributed by atoms with Crippen molar-refractivity contribution in [3.05, 3.63) is 69.7 Å². The van der Waals surface area contributed by atoms with Gasteiger partial charge in [-0.1, -0.05) is 40.2 Å². The summed E-state index contributed by atoms with van der Waals surface area (Å²) < 4.78 is 6.38. The van der Waals surface area contributed by atoms with E-state index in [2.05, 4.69) is 15.9 Å². The van der Waals surface area contributed by atoms with Crippen LogP contribution in [0.25, 0.3) is 5.76 Å². The van der Waals surface area contributed by atoms with Gasteiger partial charge in [-0.2, -0.15) is 0 Å². The number of aromatic hydroxyl groups is 1. The first-order valence-electron chi connectivity index (χ1n) is 9.24. The van der Waals surface area contributed by atoms with Crippen LogP contribution in [0.1, 0.15) is 31.0 Å². The minimum Gasteiger partial charge on any atom is -0.508 e. The fourth-order valence-electron chi connectivity index (χ4n) is 3.26. The number of ether oxygens (including phenoxy) is 1. The Kier molecular flexibility index (Phi) is 6.39. The Bertz CT molecular complexity index is 935. The molecule has 0 spiro atoms. The van der Waals surface area contributed by atoms with Crippen LogP contribution in [0.2, 0.25) is 0 Å². The second-order valence-corrected chi connectivity index (χ2v) is 7.93. The van der Waals surface area contributed by atoms with E-state index >= 15 is 0 Å². The van der Waals surface area contributed by atoms with Crippen LogP contribution in [0.15, 0.2) is 58.6 Å². The zero-order valence-corrected chi connectivity index (χ0v) is 17.7. The third-order valence-electron chi connectivity index (χ3n) is 4.65. The Labute approximate surface area is 177 Å². The number of benzene rings is 2. The lowest BCUT2D eigenvalue weighted by atomic mass is 9.95. The van der Waals surface area contributed by atoms with E-state index in [1.807, 2.05) is 13.8 Å². The average Bonchev–Trinajstić information content (AvgIpc) is 2.93. The third-order valence-corrected chi connectivity index (χ3v) is 5.18. The summed E-state index contributed by atoms with van der Waals surface area (Å²) in [6.45, 7) is 4.24. The van der Waals surface area contributed by atoms with Crippen molar-refractivity contribution in [3.8, 4) is 5.75 Å². The summed E-state index contributed by atoms with van der Waals surface area (Å²) in [6.07, 6.45) is -0.0123. The summed E-state index contributed by atoms with van der Waals surface area (Å²) >= 11 is 3.34. The van der Waals surface area contributed by atoms with Crippen LogP contribution in [-0.2, 0) is 14.3 Å². The lowest BCUT2D eigenvalue weighted by Gasteiger charge is -2.25. The van der Waals surface area contributed by atoms with Gasteiger partial charge >= 0.3 is 0 Å². The van der Waals surface area contributed by atoms with Gasteiger partial charge in [0.15, 0.2) is 0 Å². The number of phenols is 1. The van der Waals surface area contributed by atoms with Crippen LogP contribution in [0.3, 0.4) is 0 Å². The van der Waals surface area contributed by atoms with Crippen molar-refractivity contribution in [2.45, 2.75) is 26.0 Å². The number of aliphatic hydroxyl groups excluding tert-OH is 1. The molecule has 7 heteroatoms. The van der Waals surface area contributed by atoms with E-state index in [4.69, 9.17) is 4.74 Å². The van der Waals surface area contributed by atoms with Gasteiger partial charge in [-0.3, -0.25) is 9.59 Å². The monoisotopic (exact) mass is 459 g/mol. The zero-order chi connectivity index (χ0) is 21.1. The number of halogens is 1. The van der Waals surface area contributed by atoms with Gasteiger partial charge in [0.2, 0.25) is 0 Å². The molecule has 1 unspecified atom stereocenters. The average molecular weight is 460 g/mol. The highest BCUT2D eigenvalue weighted by Gasteiger charge is 2.45. The standard InChI is InChI=1S/C22H22BrNO5/c1-13(2)29-12-11-24-19(14-5-9-17(25)10-6-14)18(21(27)22(24)28)20(26)15-3-7-16(23)8-4-15/h3-10,13,19,25-26H,11-12H2,1-2H3/b20-18-. The van der Waals surface area contributed by atoms with Crippen LogP contribution in [0, 0.1) is 0 Å². The smallest absolute Gasteiger partial charge is 0.295 e. The Morgan fingerprint density at radius 2 is 1.72 bits per heavy atom. The highest BCUT2D eigenvalue weighted by atomic mass is 79.9. The first-order chi connectivity index (χ1) is 13.8.